The number of halogens is 2. The molecule has 1 aliphatic carbocycles. The summed E-state index contributed by atoms with van der Waals surface area (Å²) in [5.41, 5.74) is -0.403. The van der Waals surface area contributed by atoms with Crippen LogP contribution in [0.4, 0.5) is 8.78 Å². The molecule has 1 aliphatic rings. The molecule has 2 aromatic carbocycles. The second-order valence-electron chi connectivity index (χ2n) is 9.83. The van der Waals surface area contributed by atoms with E-state index >= 15 is 0 Å². The van der Waals surface area contributed by atoms with Crippen molar-refractivity contribution in [3.8, 4) is 5.69 Å². The summed E-state index contributed by atoms with van der Waals surface area (Å²) < 4.78 is 32.5. The molecule has 11 heteroatoms. The number of rotatable bonds is 9. The molecular formula is C27H29F2N7O2. The summed E-state index contributed by atoms with van der Waals surface area (Å²) in [6, 6.07) is 10.6. The lowest BCUT2D eigenvalue weighted by Crippen LogP contribution is -2.39. The van der Waals surface area contributed by atoms with Crippen molar-refractivity contribution in [2.75, 3.05) is 0 Å². The zero-order chi connectivity index (χ0) is 26.7. The molecule has 0 bridgehead atoms. The molecule has 0 aliphatic heterocycles. The summed E-state index contributed by atoms with van der Waals surface area (Å²) in [6.45, 7) is 1.75. The van der Waals surface area contributed by atoms with E-state index in [9.17, 15) is 18.7 Å². The molecular weight excluding hydrogens is 492 g/mol. The molecule has 1 N–H and O–H groups in total. The van der Waals surface area contributed by atoms with Gasteiger partial charge in [-0.25, -0.2) is 23.2 Å². The highest BCUT2D eigenvalue weighted by Gasteiger charge is 2.38. The average Bonchev–Trinajstić information content (AvgIpc) is 3.67. The molecule has 2 heterocycles. The number of aromatic nitrogens is 7. The lowest BCUT2D eigenvalue weighted by atomic mass is 9.80. The third kappa shape index (κ3) is 5.19. The van der Waals surface area contributed by atoms with Gasteiger partial charge in [0.05, 0.1) is 18.3 Å². The predicted octanol–water partition coefficient (Wildman–Crippen LogP) is 4.04. The quantitative estimate of drug-likeness (QED) is 0.357. The molecule has 0 spiro atoms. The normalized spacial score (nSPS) is 16.7. The van der Waals surface area contributed by atoms with Crippen LogP contribution in [0.2, 0.25) is 0 Å². The van der Waals surface area contributed by atoms with Crippen LogP contribution in [-0.4, -0.2) is 39.7 Å². The van der Waals surface area contributed by atoms with Crippen LogP contribution in [-0.2, 0) is 12.1 Å². The van der Waals surface area contributed by atoms with Crippen LogP contribution < -0.4 is 5.69 Å². The minimum Gasteiger partial charge on any atom is -0.383 e. The van der Waals surface area contributed by atoms with E-state index in [0.29, 0.717) is 12.1 Å². The molecule has 4 aromatic rings. The molecule has 0 radical (unpaired) electrons. The van der Waals surface area contributed by atoms with Crippen LogP contribution in [0.1, 0.15) is 56.2 Å². The third-order valence-electron chi connectivity index (χ3n) is 7.29. The Hall–Kier alpha value is -3.99. The topological polar surface area (TPSA) is 104 Å². The Labute approximate surface area is 218 Å². The highest BCUT2D eigenvalue weighted by atomic mass is 19.1. The number of aliphatic hydroxyl groups is 1. The van der Waals surface area contributed by atoms with Crippen LogP contribution in [0.15, 0.2) is 66.0 Å². The maximum atomic E-state index is 14.7. The van der Waals surface area contributed by atoms with Gasteiger partial charge >= 0.3 is 5.69 Å². The van der Waals surface area contributed by atoms with Gasteiger partial charge in [-0.1, -0.05) is 50.1 Å². The van der Waals surface area contributed by atoms with Crippen molar-refractivity contribution in [3.05, 3.63) is 94.4 Å². The van der Waals surface area contributed by atoms with Crippen LogP contribution in [0.25, 0.3) is 11.8 Å². The first-order valence-electron chi connectivity index (χ1n) is 12.7. The Balaban J connectivity index is 1.30. The number of hydrogen-bond donors (Lipinski definition) is 1. The number of tetrazole rings is 1. The van der Waals surface area contributed by atoms with Gasteiger partial charge in [-0.3, -0.25) is 0 Å². The van der Waals surface area contributed by atoms with Gasteiger partial charge in [0.1, 0.15) is 29.9 Å². The van der Waals surface area contributed by atoms with E-state index in [2.05, 4.69) is 20.5 Å². The Morgan fingerprint density at radius 1 is 1.13 bits per heavy atom. The van der Waals surface area contributed by atoms with Crippen molar-refractivity contribution < 1.29 is 13.9 Å². The van der Waals surface area contributed by atoms with Crippen LogP contribution in [0.5, 0.6) is 0 Å². The van der Waals surface area contributed by atoms with E-state index in [1.54, 1.807) is 19.1 Å². The van der Waals surface area contributed by atoms with Crippen molar-refractivity contribution in [1.29, 1.82) is 0 Å². The summed E-state index contributed by atoms with van der Waals surface area (Å²) in [5.74, 6) is -1.99. The second kappa shape index (κ2) is 10.8. The first-order valence-corrected chi connectivity index (χ1v) is 12.7. The molecule has 9 nitrogen and oxygen atoms in total. The summed E-state index contributed by atoms with van der Waals surface area (Å²) in [7, 11) is 0. The molecule has 0 unspecified atom stereocenters. The van der Waals surface area contributed by atoms with E-state index in [1.165, 1.54) is 32.8 Å². The lowest BCUT2D eigenvalue weighted by Gasteiger charge is -2.34. The van der Waals surface area contributed by atoms with Crippen molar-refractivity contribution >= 4 is 6.08 Å². The molecule has 1 saturated carbocycles. The van der Waals surface area contributed by atoms with Crippen molar-refractivity contribution in [1.82, 2.24) is 34.6 Å². The van der Waals surface area contributed by atoms with Gasteiger partial charge in [0.2, 0.25) is 0 Å². The Kier molecular flexibility index (Phi) is 7.28. The van der Waals surface area contributed by atoms with Crippen LogP contribution >= 0.6 is 0 Å². The number of nitrogens with zero attached hydrogens (tertiary/aromatic N) is 7. The van der Waals surface area contributed by atoms with E-state index in [-0.39, 0.29) is 23.8 Å². The molecule has 2 atom stereocenters. The standard InChI is InChI=1S/C27H29F2N7O2/c1-19(27(38,16-34-18-30-17-31-34)24-14-11-21(28)15-25(24)29)5-4-6-20-9-12-23(13-10-20)36-26(37)35(32-33-36)22-7-2-3-8-22/h4,6,9-15,17-19,22,38H,2-3,5,7-8,16H2,1H3/b6-4+/t19-,27+/m0/s1. The van der Waals surface area contributed by atoms with E-state index in [4.69, 9.17) is 0 Å². The molecule has 5 rings (SSSR count). The van der Waals surface area contributed by atoms with E-state index in [1.807, 2.05) is 24.3 Å². The minimum absolute atomic E-state index is 0.00394. The fourth-order valence-corrected chi connectivity index (χ4v) is 5.04. The number of allylic oxidation sites excluding steroid dienone is 1. The summed E-state index contributed by atoms with van der Waals surface area (Å²) in [6.07, 6.45) is 11.0. The summed E-state index contributed by atoms with van der Waals surface area (Å²) in [4.78, 5) is 16.7. The molecule has 198 valence electrons. The highest BCUT2D eigenvalue weighted by Crippen LogP contribution is 2.36. The second-order valence-corrected chi connectivity index (χ2v) is 9.83. The highest BCUT2D eigenvalue weighted by molar-refractivity contribution is 5.51. The molecule has 38 heavy (non-hydrogen) atoms. The van der Waals surface area contributed by atoms with Crippen molar-refractivity contribution in [2.45, 2.75) is 57.2 Å². The Bertz CT molecular complexity index is 1460. The van der Waals surface area contributed by atoms with Gasteiger partial charge in [0.25, 0.3) is 0 Å². The van der Waals surface area contributed by atoms with Gasteiger partial charge in [-0.2, -0.15) is 14.5 Å². The predicted molar refractivity (Wildman–Crippen MR) is 136 cm³/mol. The molecule has 1 fully saturated rings. The van der Waals surface area contributed by atoms with Gasteiger partial charge in [0.15, 0.2) is 0 Å². The largest absolute Gasteiger partial charge is 0.383 e. The minimum atomic E-state index is -1.66. The summed E-state index contributed by atoms with van der Waals surface area (Å²) in [5, 5.41) is 23.8. The van der Waals surface area contributed by atoms with Gasteiger partial charge in [0, 0.05) is 11.6 Å². The van der Waals surface area contributed by atoms with Gasteiger partial charge < -0.3 is 5.11 Å². The maximum absolute atomic E-state index is 14.7. The van der Waals surface area contributed by atoms with Gasteiger partial charge in [-0.15, -0.1) is 0 Å². The third-order valence-corrected chi connectivity index (χ3v) is 7.29. The van der Waals surface area contributed by atoms with Crippen LogP contribution in [0, 0.1) is 17.6 Å². The lowest BCUT2D eigenvalue weighted by molar-refractivity contribution is -0.0379. The zero-order valence-corrected chi connectivity index (χ0v) is 21.0. The maximum Gasteiger partial charge on any atom is 0.368 e. The van der Waals surface area contributed by atoms with Gasteiger partial charge in [-0.05, 0) is 59.4 Å². The molecule has 2 aromatic heterocycles. The number of hydrogen-bond acceptors (Lipinski definition) is 6. The van der Waals surface area contributed by atoms with E-state index in [0.717, 1.165) is 43.4 Å². The number of benzene rings is 2. The zero-order valence-electron chi connectivity index (χ0n) is 21.0. The Morgan fingerprint density at radius 3 is 2.58 bits per heavy atom. The van der Waals surface area contributed by atoms with Crippen LogP contribution in [0.3, 0.4) is 0 Å². The molecule has 0 amide bonds. The van der Waals surface area contributed by atoms with E-state index < -0.39 is 23.2 Å². The first kappa shape index (κ1) is 25.7. The van der Waals surface area contributed by atoms with Crippen molar-refractivity contribution in [2.24, 2.45) is 5.92 Å². The fraction of sp³-hybridized carbons (Fsp3) is 0.370. The monoisotopic (exact) mass is 521 g/mol. The SMILES string of the molecule is C[C@@H](C/C=C/c1ccc(-n2nnn(C3CCCC3)c2=O)cc1)[C@](O)(Cn1cncn1)c1ccc(F)cc1F. The molecule has 0 saturated heterocycles. The van der Waals surface area contributed by atoms with Crippen molar-refractivity contribution in [3.63, 3.8) is 0 Å². The fourth-order valence-electron chi connectivity index (χ4n) is 5.04. The first-order chi connectivity index (χ1) is 18.3. The average molecular weight is 522 g/mol. The summed E-state index contributed by atoms with van der Waals surface area (Å²) >= 11 is 0. The smallest absolute Gasteiger partial charge is 0.368 e. The Morgan fingerprint density at radius 2 is 1.89 bits per heavy atom.